The van der Waals surface area contributed by atoms with E-state index in [2.05, 4.69) is 63.8 Å². The first-order valence-corrected chi connectivity index (χ1v) is 12.1. The molecule has 2 aliphatic rings. The third kappa shape index (κ3) is 4.92. The van der Waals surface area contributed by atoms with Gasteiger partial charge in [0.25, 0.3) is 0 Å². The highest BCUT2D eigenvalue weighted by atomic mass is 16.5. The summed E-state index contributed by atoms with van der Waals surface area (Å²) in [5, 5.41) is 9.03. The van der Waals surface area contributed by atoms with Crippen LogP contribution in [0.25, 0.3) is 10.8 Å². The molecular formula is C26H38N4O2. The Balaban J connectivity index is 1.43. The number of hydrogen-bond donors (Lipinski definition) is 2. The molecule has 0 aromatic heterocycles. The lowest BCUT2D eigenvalue weighted by Crippen LogP contribution is -2.51. The van der Waals surface area contributed by atoms with Crippen LogP contribution < -0.4 is 15.4 Å². The third-order valence-corrected chi connectivity index (χ3v) is 7.23. The molecular weight excluding hydrogens is 400 g/mol. The van der Waals surface area contributed by atoms with Gasteiger partial charge in [0.15, 0.2) is 0 Å². The first kappa shape index (κ1) is 23.0. The summed E-state index contributed by atoms with van der Waals surface area (Å²) in [5.74, 6) is 1.06. The SMILES string of the molecule is CCCN1CCC(N2C[C@@H](NCc3ccc(OC)c4ccccc34)C[C@H]2C(=O)NC)CC1. The molecule has 6 heteroatoms. The number of likely N-dealkylation sites (N-methyl/N-ethyl adjacent to an activating group) is 1. The van der Waals surface area contributed by atoms with Gasteiger partial charge < -0.3 is 20.3 Å². The second-order valence-corrected chi connectivity index (χ2v) is 9.19. The normalized spacial score (nSPS) is 23.0. The van der Waals surface area contributed by atoms with Crippen molar-refractivity contribution in [2.24, 2.45) is 0 Å². The molecule has 0 unspecified atom stereocenters. The van der Waals surface area contributed by atoms with Gasteiger partial charge in [-0.2, -0.15) is 0 Å². The number of likely N-dealkylation sites (tertiary alicyclic amines) is 2. The summed E-state index contributed by atoms with van der Waals surface area (Å²) in [4.78, 5) is 17.7. The van der Waals surface area contributed by atoms with E-state index in [1.807, 2.05) is 0 Å². The van der Waals surface area contributed by atoms with Crippen LogP contribution in [0.5, 0.6) is 5.75 Å². The van der Waals surface area contributed by atoms with Gasteiger partial charge in [0.2, 0.25) is 5.91 Å². The van der Waals surface area contributed by atoms with E-state index < -0.39 is 0 Å². The Morgan fingerprint density at radius 2 is 1.88 bits per heavy atom. The van der Waals surface area contributed by atoms with Crippen molar-refractivity contribution >= 4 is 16.7 Å². The Morgan fingerprint density at radius 1 is 1.12 bits per heavy atom. The van der Waals surface area contributed by atoms with Crippen LogP contribution in [0, 0.1) is 0 Å². The summed E-state index contributed by atoms with van der Waals surface area (Å²) in [7, 11) is 3.48. The van der Waals surface area contributed by atoms with Crippen molar-refractivity contribution in [2.45, 2.75) is 57.3 Å². The maximum Gasteiger partial charge on any atom is 0.237 e. The Morgan fingerprint density at radius 3 is 2.56 bits per heavy atom. The quantitative estimate of drug-likeness (QED) is 0.664. The lowest BCUT2D eigenvalue weighted by atomic mass is 10.0. The van der Waals surface area contributed by atoms with Gasteiger partial charge in [-0.1, -0.05) is 37.3 Å². The molecule has 2 aliphatic heterocycles. The van der Waals surface area contributed by atoms with E-state index in [-0.39, 0.29) is 11.9 Å². The van der Waals surface area contributed by atoms with Gasteiger partial charge >= 0.3 is 0 Å². The summed E-state index contributed by atoms with van der Waals surface area (Å²) < 4.78 is 5.54. The fourth-order valence-corrected chi connectivity index (χ4v) is 5.55. The molecule has 2 saturated heterocycles. The minimum atomic E-state index is -0.0344. The van der Waals surface area contributed by atoms with E-state index in [0.29, 0.717) is 12.1 Å². The largest absolute Gasteiger partial charge is 0.496 e. The molecule has 0 spiro atoms. The number of hydrogen-bond acceptors (Lipinski definition) is 5. The maximum absolute atomic E-state index is 12.7. The van der Waals surface area contributed by atoms with Gasteiger partial charge in [-0.25, -0.2) is 0 Å². The van der Waals surface area contributed by atoms with Crippen molar-refractivity contribution in [3.63, 3.8) is 0 Å². The van der Waals surface area contributed by atoms with E-state index in [1.54, 1.807) is 14.2 Å². The molecule has 0 bridgehead atoms. The van der Waals surface area contributed by atoms with Crippen LogP contribution in [0.15, 0.2) is 36.4 Å². The van der Waals surface area contributed by atoms with Crippen LogP contribution in [0.1, 0.15) is 38.2 Å². The first-order chi connectivity index (χ1) is 15.6. The molecule has 32 heavy (non-hydrogen) atoms. The van der Waals surface area contributed by atoms with Crippen LogP contribution in [0.4, 0.5) is 0 Å². The number of fused-ring (bicyclic) bond motifs is 1. The molecule has 6 nitrogen and oxygen atoms in total. The van der Waals surface area contributed by atoms with Crippen molar-refractivity contribution in [3.8, 4) is 5.75 Å². The van der Waals surface area contributed by atoms with Crippen LogP contribution in [0.3, 0.4) is 0 Å². The van der Waals surface area contributed by atoms with Gasteiger partial charge in [0, 0.05) is 37.6 Å². The number of piperidine rings is 1. The number of carbonyl (C=O) groups excluding carboxylic acids is 1. The third-order valence-electron chi connectivity index (χ3n) is 7.23. The number of benzene rings is 2. The number of carbonyl (C=O) groups is 1. The zero-order valence-electron chi connectivity index (χ0n) is 19.8. The highest BCUT2D eigenvalue weighted by Crippen LogP contribution is 2.30. The van der Waals surface area contributed by atoms with Crippen LogP contribution in [0.2, 0.25) is 0 Å². The van der Waals surface area contributed by atoms with Gasteiger partial charge in [0.1, 0.15) is 5.75 Å². The van der Waals surface area contributed by atoms with Gasteiger partial charge in [-0.3, -0.25) is 9.69 Å². The number of amides is 1. The van der Waals surface area contributed by atoms with Crippen LogP contribution in [-0.2, 0) is 11.3 Å². The number of nitrogens with zero attached hydrogens (tertiary/aromatic N) is 2. The van der Waals surface area contributed by atoms with E-state index in [0.717, 1.165) is 56.6 Å². The number of methoxy groups -OCH3 is 1. The van der Waals surface area contributed by atoms with Gasteiger partial charge in [-0.05, 0) is 62.3 Å². The van der Waals surface area contributed by atoms with Crippen LogP contribution in [-0.4, -0.2) is 74.2 Å². The first-order valence-electron chi connectivity index (χ1n) is 12.1. The van der Waals surface area contributed by atoms with Crippen molar-refractivity contribution in [2.75, 3.05) is 40.3 Å². The van der Waals surface area contributed by atoms with Gasteiger partial charge in [-0.15, -0.1) is 0 Å². The standard InChI is InChI=1S/C26H38N4O2/c1-4-13-29-14-11-21(12-15-29)30-18-20(16-24(30)26(31)27-2)28-17-19-9-10-25(32-3)23-8-6-5-7-22(19)23/h5-10,20-21,24,28H,4,11-18H2,1-3H3,(H,27,31)/t20-,24-/m0/s1. The summed E-state index contributed by atoms with van der Waals surface area (Å²) in [6.07, 6.45) is 4.39. The summed E-state index contributed by atoms with van der Waals surface area (Å²) in [6, 6.07) is 13.4. The van der Waals surface area contributed by atoms with E-state index >= 15 is 0 Å². The number of nitrogens with one attached hydrogen (secondary N) is 2. The molecule has 2 aromatic rings. The van der Waals surface area contributed by atoms with Gasteiger partial charge in [0.05, 0.1) is 13.2 Å². The summed E-state index contributed by atoms with van der Waals surface area (Å²) in [6.45, 7) is 7.45. The Kier molecular flexibility index (Phi) is 7.66. The Hall–Kier alpha value is -2.15. The van der Waals surface area contributed by atoms with Crippen molar-refractivity contribution in [3.05, 3.63) is 42.0 Å². The molecule has 174 valence electrons. The fourth-order valence-electron chi connectivity index (χ4n) is 5.55. The predicted molar refractivity (Wildman–Crippen MR) is 130 cm³/mol. The minimum Gasteiger partial charge on any atom is -0.496 e. The molecule has 2 aromatic carbocycles. The summed E-state index contributed by atoms with van der Waals surface area (Å²) in [5.41, 5.74) is 1.27. The number of rotatable bonds is 8. The molecule has 1 amide bonds. The molecule has 2 heterocycles. The minimum absolute atomic E-state index is 0.0344. The molecule has 0 radical (unpaired) electrons. The molecule has 2 N–H and O–H groups in total. The van der Waals surface area contributed by atoms with E-state index in [9.17, 15) is 4.79 Å². The second kappa shape index (κ2) is 10.6. The van der Waals surface area contributed by atoms with E-state index in [1.165, 1.54) is 23.9 Å². The lowest BCUT2D eigenvalue weighted by molar-refractivity contribution is -0.126. The van der Waals surface area contributed by atoms with Crippen molar-refractivity contribution in [1.29, 1.82) is 0 Å². The van der Waals surface area contributed by atoms with E-state index in [4.69, 9.17) is 4.74 Å². The van der Waals surface area contributed by atoms with Crippen molar-refractivity contribution < 1.29 is 9.53 Å². The average molecular weight is 439 g/mol. The highest BCUT2D eigenvalue weighted by molar-refractivity contribution is 5.91. The maximum atomic E-state index is 12.7. The Labute approximate surface area is 192 Å². The number of ether oxygens (including phenoxy) is 1. The molecule has 2 atom stereocenters. The Bertz CT molecular complexity index is 910. The lowest BCUT2D eigenvalue weighted by Gasteiger charge is -2.38. The topological polar surface area (TPSA) is 56.8 Å². The zero-order chi connectivity index (χ0) is 22.5. The predicted octanol–water partition coefficient (Wildman–Crippen LogP) is 3.00. The van der Waals surface area contributed by atoms with Crippen molar-refractivity contribution in [1.82, 2.24) is 20.4 Å². The zero-order valence-corrected chi connectivity index (χ0v) is 19.8. The highest BCUT2D eigenvalue weighted by Gasteiger charge is 2.40. The molecule has 4 rings (SSSR count). The second-order valence-electron chi connectivity index (χ2n) is 9.19. The fraction of sp³-hybridized carbons (Fsp3) is 0.577. The molecule has 2 fully saturated rings. The smallest absolute Gasteiger partial charge is 0.237 e. The monoisotopic (exact) mass is 438 g/mol. The molecule has 0 saturated carbocycles. The molecule has 0 aliphatic carbocycles. The average Bonchev–Trinajstić information content (AvgIpc) is 3.27. The van der Waals surface area contributed by atoms with Crippen LogP contribution >= 0.6 is 0 Å². The summed E-state index contributed by atoms with van der Waals surface area (Å²) >= 11 is 0.